The van der Waals surface area contributed by atoms with Crippen LogP contribution in [0.1, 0.15) is 30.7 Å². The molecule has 1 saturated heterocycles. The third kappa shape index (κ3) is 4.33. The van der Waals surface area contributed by atoms with Crippen LogP contribution in [-0.2, 0) is 16.6 Å². The van der Waals surface area contributed by atoms with Crippen LogP contribution in [0.3, 0.4) is 0 Å². The third-order valence-electron chi connectivity index (χ3n) is 3.79. The van der Waals surface area contributed by atoms with E-state index in [0.717, 1.165) is 35.4 Å². The summed E-state index contributed by atoms with van der Waals surface area (Å²) in [6.07, 6.45) is 3.53. The molecule has 2 aromatic rings. The molecule has 9 heteroatoms. The lowest BCUT2D eigenvalue weighted by Gasteiger charge is -2.27. The summed E-state index contributed by atoms with van der Waals surface area (Å²) in [7, 11) is -3.52. The molecule has 1 aliphatic rings. The summed E-state index contributed by atoms with van der Waals surface area (Å²) in [6.45, 7) is 3.97. The molecule has 0 aliphatic carbocycles. The highest BCUT2D eigenvalue weighted by atomic mass is 79.9. The maximum atomic E-state index is 12.3. The van der Waals surface area contributed by atoms with Gasteiger partial charge >= 0.3 is 0 Å². The number of anilines is 1. The van der Waals surface area contributed by atoms with E-state index in [1.54, 1.807) is 12.1 Å². The van der Waals surface area contributed by atoms with E-state index in [1.165, 1.54) is 17.8 Å². The largest absolute Gasteiger partial charge is 0.341 e. The van der Waals surface area contributed by atoms with Gasteiger partial charge in [-0.05, 0) is 60.3 Å². The summed E-state index contributed by atoms with van der Waals surface area (Å²) in [4.78, 5) is 11.2. The van der Waals surface area contributed by atoms with E-state index in [2.05, 4.69) is 35.5 Å². The van der Waals surface area contributed by atoms with Crippen molar-refractivity contribution in [2.24, 2.45) is 0 Å². The highest BCUT2D eigenvalue weighted by Crippen LogP contribution is 2.26. The average Bonchev–Trinajstić information content (AvgIpc) is 3.01. The topological polar surface area (TPSA) is 75.2 Å². The van der Waals surface area contributed by atoms with Gasteiger partial charge in [0.25, 0.3) is 0 Å². The molecule has 3 rings (SSSR count). The van der Waals surface area contributed by atoms with E-state index in [9.17, 15) is 8.42 Å². The Balaban J connectivity index is 1.74. The van der Waals surface area contributed by atoms with Crippen LogP contribution in [0.2, 0.25) is 0 Å². The molecule has 2 aromatic heterocycles. The van der Waals surface area contributed by atoms with Crippen LogP contribution in [0.25, 0.3) is 0 Å². The van der Waals surface area contributed by atoms with E-state index in [-0.39, 0.29) is 10.8 Å². The van der Waals surface area contributed by atoms with Crippen molar-refractivity contribution in [3.63, 3.8) is 0 Å². The summed E-state index contributed by atoms with van der Waals surface area (Å²) in [5.41, 5.74) is 1.53. The number of thiophene rings is 1. The van der Waals surface area contributed by atoms with Gasteiger partial charge in [0.1, 0.15) is 4.21 Å². The highest BCUT2D eigenvalue weighted by Gasteiger charge is 2.18. The Kier molecular flexibility index (Phi) is 5.53. The predicted octanol–water partition coefficient (Wildman–Crippen LogP) is 3.08. The molecule has 6 nitrogen and oxygen atoms in total. The smallest absolute Gasteiger partial charge is 0.250 e. The van der Waals surface area contributed by atoms with Crippen LogP contribution >= 0.6 is 27.3 Å². The standard InChI is InChI=1S/C15H19BrN4O2S2/c1-11-9-12(19-15(18-11)20-7-3-2-4-8-20)10-17-24(21,22)14-6-5-13(16)23-14/h5-6,9,17H,2-4,7-8,10H2,1H3. The molecule has 0 amide bonds. The Labute approximate surface area is 154 Å². The van der Waals surface area contributed by atoms with Crippen LogP contribution in [0, 0.1) is 6.92 Å². The van der Waals surface area contributed by atoms with Crippen molar-refractivity contribution in [1.29, 1.82) is 0 Å². The maximum Gasteiger partial charge on any atom is 0.250 e. The first-order valence-corrected chi connectivity index (χ1v) is 10.9. The Bertz CT molecular complexity index is 817. The fraction of sp³-hybridized carbons (Fsp3) is 0.467. The molecular weight excluding hydrogens is 412 g/mol. The van der Waals surface area contributed by atoms with Crippen LogP contribution < -0.4 is 9.62 Å². The monoisotopic (exact) mass is 430 g/mol. The molecule has 24 heavy (non-hydrogen) atoms. The molecule has 0 atom stereocenters. The van der Waals surface area contributed by atoms with Crippen molar-refractivity contribution in [3.8, 4) is 0 Å². The number of sulfonamides is 1. The SMILES string of the molecule is Cc1cc(CNS(=O)(=O)c2ccc(Br)s2)nc(N2CCCCC2)n1. The Hall–Kier alpha value is -1.03. The van der Waals surface area contributed by atoms with E-state index >= 15 is 0 Å². The number of halogens is 1. The normalized spacial score (nSPS) is 15.7. The molecule has 1 aliphatic heterocycles. The van der Waals surface area contributed by atoms with Crippen molar-refractivity contribution in [3.05, 3.63) is 33.4 Å². The molecular formula is C15H19BrN4O2S2. The number of nitrogens with zero attached hydrogens (tertiary/aromatic N) is 3. The minimum absolute atomic E-state index is 0.155. The van der Waals surface area contributed by atoms with Crippen molar-refractivity contribution in [2.45, 2.75) is 36.9 Å². The molecule has 0 saturated carbocycles. The Morgan fingerprint density at radius 3 is 2.67 bits per heavy atom. The van der Waals surface area contributed by atoms with Gasteiger partial charge < -0.3 is 4.90 Å². The van der Waals surface area contributed by atoms with E-state index < -0.39 is 10.0 Å². The summed E-state index contributed by atoms with van der Waals surface area (Å²) >= 11 is 4.47. The first-order valence-electron chi connectivity index (χ1n) is 7.78. The summed E-state index contributed by atoms with van der Waals surface area (Å²) < 4.78 is 28.3. The lowest BCUT2D eigenvalue weighted by atomic mass is 10.1. The summed E-state index contributed by atoms with van der Waals surface area (Å²) in [6, 6.07) is 5.13. The lowest BCUT2D eigenvalue weighted by Crippen LogP contribution is -2.31. The number of hydrogen-bond donors (Lipinski definition) is 1. The van der Waals surface area contributed by atoms with E-state index in [4.69, 9.17) is 0 Å². The van der Waals surface area contributed by atoms with Gasteiger partial charge in [-0.15, -0.1) is 11.3 Å². The summed E-state index contributed by atoms with van der Waals surface area (Å²) in [5.74, 6) is 0.697. The van der Waals surface area contributed by atoms with Crippen molar-refractivity contribution >= 4 is 43.2 Å². The van der Waals surface area contributed by atoms with Gasteiger partial charge in [0.15, 0.2) is 0 Å². The van der Waals surface area contributed by atoms with Gasteiger partial charge in [0.05, 0.1) is 16.0 Å². The van der Waals surface area contributed by atoms with Gasteiger partial charge in [-0.1, -0.05) is 0 Å². The zero-order valence-corrected chi connectivity index (χ0v) is 16.5. The van der Waals surface area contributed by atoms with Crippen LogP contribution in [0.5, 0.6) is 0 Å². The molecule has 0 radical (unpaired) electrons. The number of piperidine rings is 1. The molecule has 0 spiro atoms. The second kappa shape index (κ2) is 7.47. The zero-order chi connectivity index (χ0) is 17.2. The second-order valence-corrected chi connectivity index (χ2v) is 10.2. The molecule has 0 aromatic carbocycles. The number of aryl methyl sites for hydroxylation is 1. The Morgan fingerprint density at radius 1 is 1.25 bits per heavy atom. The van der Waals surface area contributed by atoms with Crippen LogP contribution in [-0.4, -0.2) is 31.5 Å². The molecule has 3 heterocycles. The third-order valence-corrected chi connectivity index (χ3v) is 7.31. The van der Waals surface area contributed by atoms with Gasteiger partial charge in [-0.2, -0.15) is 0 Å². The summed E-state index contributed by atoms with van der Waals surface area (Å²) in [5, 5.41) is 0. The molecule has 130 valence electrons. The molecule has 0 bridgehead atoms. The number of rotatable bonds is 5. The minimum Gasteiger partial charge on any atom is -0.341 e. The maximum absolute atomic E-state index is 12.3. The van der Waals surface area contributed by atoms with Crippen LogP contribution in [0.15, 0.2) is 26.2 Å². The number of hydrogen-bond acceptors (Lipinski definition) is 6. The number of nitrogens with one attached hydrogen (secondary N) is 1. The van der Waals surface area contributed by atoms with Crippen molar-refractivity contribution in [1.82, 2.24) is 14.7 Å². The fourth-order valence-corrected chi connectivity index (χ4v) is 5.68. The second-order valence-electron chi connectivity index (χ2n) is 5.73. The molecule has 1 fully saturated rings. The average molecular weight is 431 g/mol. The molecule has 0 unspecified atom stereocenters. The van der Waals surface area contributed by atoms with Crippen molar-refractivity contribution in [2.75, 3.05) is 18.0 Å². The van der Waals surface area contributed by atoms with E-state index in [0.29, 0.717) is 11.6 Å². The Morgan fingerprint density at radius 2 is 2.00 bits per heavy atom. The van der Waals surface area contributed by atoms with Gasteiger partial charge in [-0.3, -0.25) is 0 Å². The zero-order valence-electron chi connectivity index (χ0n) is 13.3. The highest BCUT2D eigenvalue weighted by molar-refractivity contribution is 9.11. The first-order chi connectivity index (χ1) is 11.4. The van der Waals surface area contributed by atoms with Gasteiger partial charge in [-0.25, -0.2) is 23.1 Å². The van der Waals surface area contributed by atoms with E-state index in [1.807, 2.05) is 13.0 Å². The number of aromatic nitrogens is 2. The fourth-order valence-electron chi connectivity index (χ4n) is 2.62. The molecule has 1 N–H and O–H groups in total. The minimum atomic E-state index is -3.52. The predicted molar refractivity (Wildman–Crippen MR) is 98.9 cm³/mol. The lowest BCUT2D eigenvalue weighted by molar-refractivity contribution is 0.565. The van der Waals surface area contributed by atoms with Gasteiger partial charge in [0, 0.05) is 18.8 Å². The first kappa shape index (κ1) is 17.8. The van der Waals surface area contributed by atoms with Crippen LogP contribution in [0.4, 0.5) is 5.95 Å². The van der Waals surface area contributed by atoms with Crippen molar-refractivity contribution < 1.29 is 8.42 Å². The van der Waals surface area contributed by atoms with Gasteiger partial charge in [0.2, 0.25) is 16.0 Å². The quantitative estimate of drug-likeness (QED) is 0.788.